The summed E-state index contributed by atoms with van der Waals surface area (Å²) in [6.45, 7) is 5.79. The Morgan fingerprint density at radius 2 is 2.12 bits per heavy atom. The van der Waals surface area contributed by atoms with Crippen LogP contribution in [0.1, 0.15) is 32.8 Å². The minimum Gasteiger partial charge on any atom is -0.479 e. The van der Waals surface area contributed by atoms with Crippen molar-refractivity contribution in [2.24, 2.45) is 5.41 Å². The first kappa shape index (κ1) is 18.9. The van der Waals surface area contributed by atoms with Crippen molar-refractivity contribution in [2.75, 3.05) is 6.61 Å². The van der Waals surface area contributed by atoms with Gasteiger partial charge in [-0.1, -0.05) is 26.0 Å². The lowest BCUT2D eigenvalue weighted by Crippen LogP contribution is -2.76. The Hall–Kier alpha value is -2.48. The molecule has 0 radical (unpaired) electrons. The molecule has 25 heavy (non-hydrogen) atoms. The van der Waals surface area contributed by atoms with Crippen molar-refractivity contribution in [3.63, 3.8) is 0 Å². The first-order valence-electron chi connectivity index (χ1n) is 8.03. The first-order chi connectivity index (χ1) is 11.6. The van der Waals surface area contributed by atoms with Gasteiger partial charge in [0.15, 0.2) is 0 Å². The molecule has 0 spiro atoms. The summed E-state index contributed by atoms with van der Waals surface area (Å²) < 4.78 is 5.55. The number of ether oxygens (including phenoxy) is 1. The van der Waals surface area contributed by atoms with Crippen LogP contribution in [0.2, 0.25) is 0 Å². The average Bonchev–Trinajstić information content (AvgIpc) is 2.53. The number of non-ortho nitro benzene ring substituents is 1. The largest absolute Gasteiger partial charge is 0.479 e. The van der Waals surface area contributed by atoms with Crippen LogP contribution in [0, 0.1) is 15.5 Å². The second-order valence-electron chi connectivity index (χ2n) is 6.73. The van der Waals surface area contributed by atoms with Crippen molar-refractivity contribution in [1.29, 1.82) is 0 Å². The van der Waals surface area contributed by atoms with Crippen LogP contribution in [-0.2, 0) is 20.7 Å². The predicted octanol–water partition coefficient (Wildman–Crippen LogP) is 1.91. The number of hydrogen-bond donors (Lipinski definition) is 2. The summed E-state index contributed by atoms with van der Waals surface area (Å²) in [4.78, 5) is 34.5. The third-order valence-corrected chi connectivity index (χ3v) is 4.97. The molecule has 2 N–H and O–H groups in total. The lowest BCUT2D eigenvalue weighted by Gasteiger charge is -2.58. The number of hydrogen-bond acceptors (Lipinski definition) is 5. The van der Waals surface area contributed by atoms with E-state index in [9.17, 15) is 24.8 Å². The number of benzene rings is 1. The van der Waals surface area contributed by atoms with E-state index in [0.717, 1.165) is 0 Å². The van der Waals surface area contributed by atoms with Crippen LogP contribution >= 0.6 is 0 Å². The maximum absolute atomic E-state index is 12.4. The number of nitro groups is 1. The molecule has 136 valence electrons. The lowest BCUT2D eigenvalue weighted by atomic mass is 9.54. The van der Waals surface area contributed by atoms with Crippen molar-refractivity contribution in [2.45, 2.75) is 45.3 Å². The number of carboxylic acid groups (broad SMARTS) is 1. The minimum atomic E-state index is -1.41. The average molecular weight is 350 g/mol. The number of carbonyl (C=O) groups is 2. The monoisotopic (exact) mass is 350 g/mol. The van der Waals surface area contributed by atoms with Crippen LogP contribution in [0.4, 0.5) is 5.69 Å². The van der Waals surface area contributed by atoms with E-state index in [4.69, 9.17) is 4.74 Å². The van der Waals surface area contributed by atoms with E-state index in [2.05, 4.69) is 5.32 Å². The number of amides is 1. The maximum atomic E-state index is 12.4. The zero-order valence-electron chi connectivity index (χ0n) is 14.4. The van der Waals surface area contributed by atoms with Gasteiger partial charge in [-0.15, -0.1) is 0 Å². The number of rotatable bonds is 7. The van der Waals surface area contributed by atoms with Gasteiger partial charge >= 0.3 is 5.97 Å². The van der Waals surface area contributed by atoms with Gasteiger partial charge in [0.2, 0.25) is 5.91 Å². The van der Waals surface area contributed by atoms with Crippen LogP contribution in [0.25, 0.3) is 0 Å². The Balaban J connectivity index is 2.14. The van der Waals surface area contributed by atoms with E-state index in [1.54, 1.807) is 19.9 Å². The molecule has 1 fully saturated rings. The maximum Gasteiger partial charge on any atom is 0.330 e. The second kappa shape index (κ2) is 6.79. The highest BCUT2D eigenvalue weighted by molar-refractivity contribution is 5.90. The number of carbonyl (C=O) groups excluding carboxylic acids is 1. The van der Waals surface area contributed by atoms with Crippen LogP contribution in [0.15, 0.2) is 24.3 Å². The van der Waals surface area contributed by atoms with Gasteiger partial charge in [0.05, 0.1) is 17.4 Å². The Morgan fingerprint density at radius 3 is 2.64 bits per heavy atom. The number of aliphatic carboxylic acids is 1. The second-order valence-corrected chi connectivity index (χ2v) is 6.73. The van der Waals surface area contributed by atoms with Crippen LogP contribution in [0.5, 0.6) is 0 Å². The van der Waals surface area contributed by atoms with E-state index in [1.807, 2.05) is 6.92 Å². The Labute approximate surface area is 145 Å². The molecule has 2 atom stereocenters. The van der Waals surface area contributed by atoms with E-state index < -0.39 is 27.8 Å². The molecular formula is C17H22N2O6. The van der Waals surface area contributed by atoms with Gasteiger partial charge in [0, 0.05) is 30.6 Å². The molecular weight excluding hydrogens is 328 g/mol. The molecule has 0 aromatic heterocycles. The quantitative estimate of drug-likeness (QED) is 0.573. The third-order valence-electron chi connectivity index (χ3n) is 4.97. The van der Waals surface area contributed by atoms with Crippen LogP contribution in [-0.4, -0.2) is 40.2 Å². The normalized spacial score (nSPS) is 24.2. The summed E-state index contributed by atoms with van der Waals surface area (Å²) in [5, 5.41) is 23.1. The molecule has 0 aliphatic heterocycles. The summed E-state index contributed by atoms with van der Waals surface area (Å²) in [6.07, 6.45) is -0.206. The van der Waals surface area contributed by atoms with Crippen LogP contribution in [0.3, 0.4) is 0 Å². The zero-order valence-corrected chi connectivity index (χ0v) is 14.4. The van der Waals surface area contributed by atoms with E-state index >= 15 is 0 Å². The van der Waals surface area contributed by atoms with Gasteiger partial charge in [-0.2, -0.15) is 0 Å². The highest BCUT2D eigenvalue weighted by atomic mass is 16.6. The molecule has 1 amide bonds. The SMILES string of the molecule is CCOC1CC(NC(=O)Cc2cccc([N+](=O)[O-])c2)(C(=O)O)C1(C)C. The molecule has 1 aromatic carbocycles. The van der Waals surface area contributed by atoms with Gasteiger partial charge in [0.1, 0.15) is 5.54 Å². The van der Waals surface area contributed by atoms with Gasteiger partial charge in [-0.25, -0.2) is 4.79 Å². The number of nitrogens with zero attached hydrogens (tertiary/aromatic N) is 1. The molecule has 1 aromatic rings. The molecule has 0 saturated heterocycles. The van der Waals surface area contributed by atoms with Gasteiger partial charge in [0.25, 0.3) is 5.69 Å². The molecule has 8 nitrogen and oxygen atoms in total. The summed E-state index contributed by atoms with van der Waals surface area (Å²) in [5.41, 5.74) is -1.85. The Morgan fingerprint density at radius 1 is 1.44 bits per heavy atom. The van der Waals surface area contributed by atoms with Gasteiger partial charge in [-0.05, 0) is 12.5 Å². The minimum absolute atomic E-state index is 0.112. The van der Waals surface area contributed by atoms with E-state index in [-0.39, 0.29) is 24.6 Å². The first-order valence-corrected chi connectivity index (χ1v) is 8.03. The number of nitrogens with one attached hydrogen (secondary N) is 1. The number of carboxylic acids is 1. The van der Waals surface area contributed by atoms with Gasteiger partial charge < -0.3 is 15.2 Å². The fourth-order valence-corrected chi connectivity index (χ4v) is 3.28. The summed E-state index contributed by atoms with van der Waals surface area (Å²) in [6, 6.07) is 5.73. The highest BCUT2D eigenvalue weighted by Gasteiger charge is 2.66. The molecule has 2 unspecified atom stereocenters. The van der Waals surface area contributed by atoms with E-state index in [0.29, 0.717) is 12.2 Å². The van der Waals surface area contributed by atoms with E-state index in [1.165, 1.54) is 18.2 Å². The fourth-order valence-electron chi connectivity index (χ4n) is 3.28. The van der Waals surface area contributed by atoms with Crippen molar-refractivity contribution < 1.29 is 24.4 Å². The Kier molecular flexibility index (Phi) is 5.12. The molecule has 1 saturated carbocycles. The Bertz CT molecular complexity index is 702. The lowest BCUT2D eigenvalue weighted by molar-refractivity contribution is -0.384. The number of nitro benzene ring substituents is 1. The molecule has 2 rings (SSSR count). The third kappa shape index (κ3) is 3.34. The highest BCUT2D eigenvalue weighted by Crippen LogP contribution is 2.51. The van der Waals surface area contributed by atoms with Crippen molar-refractivity contribution in [3.8, 4) is 0 Å². The van der Waals surface area contributed by atoms with Crippen molar-refractivity contribution >= 4 is 17.6 Å². The van der Waals surface area contributed by atoms with Crippen molar-refractivity contribution in [3.05, 3.63) is 39.9 Å². The molecule has 8 heteroatoms. The topological polar surface area (TPSA) is 119 Å². The van der Waals surface area contributed by atoms with Gasteiger partial charge in [-0.3, -0.25) is 14.9 Å². The van der Waals surface area contributed by atoms with Crippen LogP contribution < -0.4 is 5.32 Å². The summed E-state index contributed by atoms with van der Waals surface area (Å²) >= 11 is 0. The predicted molar refractivity (Wildman–Crippen MR) is 89.1 cm³/mol. The molecule has 1 aliphatic rings. The standard InChI is InChI=1S/C17H22N2O6/c1-4-25-13-10-17(15(21)22,16(13,2)3)18-14(20)9-11-6-5-7-12(8-11)19(23)24/h5-8,13H,4,9-10H2,1-3H3,(H,18,20)(H,21,22). The van der Waals surface area contributed by atoms with Crippen molar-refractivity contribution in [1.82, 2.24) is 5.32 Å². The smallest absolute Gasteiger partial charge is 0.330 e. The fraction of sp³-hybridized carbons (Fsp3) is 0.529. The summed E-state index contributed by atoms with van der Waals surface area (Å²) in [5.74, 6) is -1.60. The molecule has 1 aliphatic carbocycles. The zero-order chi connectivity index (χ0) is 18.8. The molecule has 0 heterocycles. The summed E-state index contributed by atoms with van der Waals surface area (Å²) in [7, 11) is 0. The molecule has 0 bridgehead atoms.